The van der Waals surface area contributed by atoms with Crippen LogP contribution in [0.3, 0.4) is 0 Å². The summed E-state index contributed by atoms with van der Waals surface area (Å²) in [6, 6.07) is 9.34. The van der Waals surface area contributed by atoms with Crippen LogP contribution in [0, 0.1) is 5.92 Å². The predicted molar refractivity (Wildman–Crippen MR) is 82.5 cm³/mol. The van der Waals surface area contributed by atoms with E-state index in [1.807, 2.05) is 4.90 Å². The highest BCUT2D eigenvalue weighted by molar-refractivity contribution is 5.73. The molecule has 1 aromatic rings. The summed E-state index contributed by atoms with van der Waals surface area (Å²) in [4.78, 5) is 13.4. The molecule has 3 nitrogen and oxygen atoms in total. The van der Waals surface area contributed by atoms with Crippen LogP contribution in [0.4, 0.5) is 0 Å². The first-order valence-corrected chi connectivity index (χ1v) is 7.67. The van der Waals surface area contributed by atoms with Crippen molar-refractivity contribution in [1.82, 2.24) is 10.2 Å². The minimum absolute atomic E-state index is 0.199. The summed E-state index contributed by atoms with van der Waals surface area (Å²) in [5, 5.41) is 3.65. The molecular formula is C17H26N2O. The molecule has 0 aliphatic carbocycles. The molecule has 0 unspecified atom stereocenters. The predicted octanol–water partition coefficient (Wildman–Crippen LogP) is 2.60. The molecule has 0 spiro atoms. The quantitative estimate of drug-likeness (QED) is 0.915. The van der Waals surface area contributed by atoms with E-state index in [0.29, 0.717) is 12.0 Å². The van der Waals surface area contributed by atoms with Crippen LogP contribution in [-0.2, 0) is 17.8 Å². The molecule has 1 saturated heterocycles. The van der Waals surface area contributed by atoms with Gasteiger partial charge in [0.1, 0.15) is 0 Å². The Bertz CT molecular complexity index is 441. The highest BCUT2D eigenvalue weighted by Crippen LogP contribution is 2.17. The topological polar surface area (TPSA) is 32.3 Å². The summed E-state index contributed by atoms with van der Waals surface area (Å²) < 4.78 is 0. The summed E-state index contributed by atoms with van der Waals surface area (Å²) in [6.45, 7) is 8.74. The molecule has 3 heteroatoms. The molecule has 20 heavy (non-hydrogen) atoms. The molecule has 2 rings (SSSR count). The first-order valence-electron chi connectivity index (χ1n) is 7.67. The van der Waals surface area contributed by atoms with Crippen LogP contribution in [-0.4, -0.2) is 29.9 Å². The van der Waals surface area contributed by atoms with Crippen molar-refractivity contribution in [2.75, 3.05) is 13.1 Å². The van der Waals surface area contributed by atoms with Crippen molar-refractivity contribution in [3.63, 3.8) is 0 Å². The Hall–Kier alpha value is -1.35. The Morgan fingerprint density at radius 1 is 1.30 bits per heavy atom. The highest BCUT2D eigenvalue weighted by Gasteiger charge is 2.26. The van der Waals surface area contributed by atoms with Gasteiger partial charge in [-0.25, -0.2) is 0 Å². The van der Waals surface area contributed by atoms with Gasteiger partial charge in [0.15, 0.2) is 0 Å². The van der Waals surface area contributed by atoms with Gasteiger partial charge in [0.2, 0.25) is 5.91 Å². The smallest absolute Gasteiger partial charge is 0.219 e. The Morgan fingerprint density at radius 2 is 1.95 bits per heavy atom. The third kappa shape index (κ3) is 3.83. The van der Waals surface area contributed by atoms with Crippen molar-refractivity contribution in [2.45, 2.75) is 46.2 Å². The minimum atomic E-state index is 0.199. The van der Waals surface area contributed by atoms with Crippen LogP contribution >= 0.6 is 0 Å². The van der Waals surface area contributed by atoms with Crippen LogP contribution < -0.4 is 5.32 Å². The molecule has 110 valence electrons. The normalized spacial score (nSPS) is 22.9. The number of carbonyl (C=O) groups is 1. The second-order valence-electron chi connectivity index (χ2n) is 5.89. The van der Waals surface area contributed by atoms with E-state index in [2.05, 4.69) is 43.4 Å². The molecular weight excluding hydrogens is 248 g/mol. The van der Waals surface area contributed by atoms with E-state index >= 15 is 0 Å². The van der Waals surface area contributed by atoms with Gasteiger partial charge in [-0.3, -0.25) is 4.79 Å². The zero-order valence-corrected chi connectivity index (χ0v) is 12.9. The van der Waals surface area contributed by atoms with Crippen LogP contribution in [0.1, 0.15) is 38.3 Å². The zero-order chi connectivity index (χ0) is 14.5. The maximum Gasteiger partial charge on any atom is 0.219 e. The van der Waals surface area contributed by atoms with Crippen molar-refractivity contribution in [3.05, 3.63) is 35.4 Å². The molecule has 1 amide bonds. The molecule has 1 heterocycles. The largest absolute Gasteiger partial charge is 0.343 e. The lowest BCUT2D eigenvalue weighted by Crippen LogP contribution is -2.49. The monoisotopic (exact) mass is 274 g/mol. The molecule has 2 atom stereocenters. The van der Waals surface area contributed by atoms with Crippen LogP contribution in [0.2, 0.25) is 0 Å². The average molecular weight is 274 g/mol. The number of piperidine rings is 1. The number of rotatable bonds is 4. The van der Waals surface area contributed by atoms with Gasteiger partial charge in [-0.15, -0.1) is 0 Å². The number of amides is 1. The summed E-state index contributed by atoms with van der Waals surface area (Å²) in [5.41, 5.74) is 2.72. The van der Waals surface area contributed by atoms with E-state index in [1.54, 1.807) is 6.92 Å². The maximum absolute atomic E-state index is 11.4. The Morgan fingerprint density at radius 3 is 2.50 bits per heavy atom. The van der Waals surface area contributed by atoms with Crippen molar-refractivity contribution in [2.24, 2.45) is 5.92 Å². The zero-order valence-electron chi connectivity index (χ0n) is 12.9. The van der Waals surface area contributed by atoms with Crippen LogP contribution in [0.25, 0.3) is 0 Å². The van der Waals surface area contributed by atoms with E-state index in [0.717, 1.165) is 32.5 Å². The van der Waals surface area contributed by atoms with Crippen molar-refractivity contribution in [3.8, 4) is 0 Å². The van der Waals surface area contributed by atoms with Gasteiger partial charge in [0.25, 0.3) is 0 Å². The molecule has 1 aliphatic rings. The number of aryl methyl sites for hydroxylation is 1. The van der Waals surface area contributed by atoms with Gasteiger partial charge in [-0.1, -0.05) is 38.1 Å². The summed E-state index contributed by atoms with van der Waals surface area (Å²) >= 11 is 0. The number of hydrogen-bond donors (Lipinski definition) is 1. The summed E-state index contributed by atoms with van der Waals surface area (Å²) in [6.07, 6.45) is 2.14. The third-order valence-corrected chi connectivity index (χ3v) is 4.35. The number of carbonyl (C=O) groups excluding carboxylic acids is 1. The fraction of sp³-hybridized carbons (Fsp3) is 0.588. The molecule has 1 fully saturated rings. The van der Waals surface area contributed by atoms with E-state index < -0.39 is 0 Å². The second-order valence-corrected chi connectivity index (χ2v) is 5.89. The van der Waals surface area contributed by atoms with Gasteiger partial charge in [0, 0.05) is 32.6 Å². The van der Waals surface area contributed by atoms with Crippen LogP contribution in [0.15, 0.2) is 24.3 Å². The van der Waals surface area contributed by atoms with E-state index in [4.69, 9.17) is 0 Å². The first kappa shape index (κ1) is 15.0. The minimum Gasteiger partial charge on any atom is -0.343 e. The molecule has 1 N–H and O–H groups in total. The molecule has 0 bridgehead atoms. The fourth-order valence-electron chi connectivity index (χ4n) is 2.88. The lowest BCUT2D eigenvalue weighted by Gasteiger charge is -2.37. The van der Waals surface area contributed by atoms with E-state index in [9.17, 15) is 4.79 Å². The molecule has 0 radical (unpaired) electrons. The van der Waals surface area contributed by atoms with E-state index in [1.165, 1.54) is 11.1 Å². The number of benzene rings is 1. The Balaban J connectivity index is 1.83. The second kappa shape index (κ2) is 6.89. The number of hydrogen-bond acceptors (Lipinski definition) is 2. The lowest BCUT2D eigenvalue weighted by molar-refractivity contribution is -0.130. The standard InChI is InChI=1S/C17H26N2O/c1-4-15-5-7-16(8-6-15)11-18-17-9-10-19(14(3)20)12-13(17)2/h5-8,13,17-18H,4,9-12H2,1-3H3/t13-,17+/m1/s1. The van der Waals surface area contributed by atoms with Gasteiger partial charge < -0.3 is 10.2 Å². The fourth-order valence-corrected chi connectivity index (χ4v) is 2.88. The van der Waals surface area contributed by atoms with Gasteiger partial charge in [0.05, 0.1) is 0 Å². The van der Waals surface area contributed by atoms with Crippen molar-refractivity contribution < 1.29 is 4.79 Å². The number of likely N-dealkylation sites (tertiary alicyclic amines) is 1. The number of nitrogens with one attached hydrogen (secondary N) is 1. The van der Waals surface area contributed by atoms with Gasteiger partial charge in [-0.2, -0.15) is 0 Å². The molecule has 1 aliphatic heterocycles. The third-order valence-electron chi connectivity index (χ3n) is 4.35. The highest BCUT2D eigenvalue weighted by atomic mass is 16.2. The van der Waals surface area contributed by atoms with Crippen molar-refractivity contribution >= 4 is 5.91 Å². The van der Waals surface area contributed by atoms with Crippen molar-refractivity contribution in [1.29, 1.82) is 0 Å². The lowest BCUT2D eigenvalue weighted by atomic mass is 9.93. The van der Waals surface area contributed by atoms with E-state index in [-0.39, 0.29) is 5.91 Å². The number of nitrogens with zero attached hydrogens (tertiary/aromatic N) is 1. The first-order chi connectivity index (χ1) is 9.60. The molecule has 0 saturated carbocycles. The SMILES string of the molecule is CCc1ccc(CN[C@H]2CCN(C(C)=O)C[C@H]2C)cc1. The summed E-state index contributed by atoms with van der Waals surface area (Å²) in [5.74, 6) is 0.716. The maximum atomic E-state index is 11.4. The average Bonchev–Trinajstić information content (AvgIpc) is 2.46. The Labute approximate surface area is 122 Å². The Kier molecular flexibility index (Phi) is 5.18. The van der Waals surface area contributed by atoms with Gasteiger partial charge >= 0.3 is 0 Å². The van der Waals surface area contributed by atoms with Gasteiger partial charge in [-0.05, 0) is 29.9 Å². The molecule has 1 aromatic carbocycles. The molecule has 0 aromatic heterocycles. The summed E-state index contributed by atoms with van der Waals surface area (Å²) in [7, 11) is 0. The van der Waals surface area contributed by atoms with Crippen LogP contribution in [0.5, 0.6) is 0 Å².